The lowest BCUT2D eigenvalue weighted by Gasteiger charge is -2.38. The smallest absolute Gasteiger partial charge is 0.123 e. The minimum absolute atomic E-state index is 0.157. The van der Waals surface area contributed by atoms with Crippen molar-refractivity contribution in [3.05, 3.63) is 71.5 Å². The largest absolute Gasteiger partial charge is 0.298 e. The number of hydrogen-bond donors (Lipinski definition) is 0. The fraction of sp³-hybridized carbons (Fsp3) is 0.400. The number of rotatable bonds is 5. The molecule has 2 nitrogen and oxygen atoms in total. The molecule has 1 fully saturated rings. The van der Waals surface area contributed by atoms with Crippen LogP contribution in [0.25, 0.3) is 0 Å². The second-order valence-electron chi connectivity index (χ2n) is 6.48. The van der Waals surface area contributed by atoms with Gasteiger partial charge < -0.3 is 0 Å². The molecule has 1 saturated heterocycles. The molecular weight excluding hydrogens is 287 g/mol. The number of benzene rings is 2. The predicted octanol–water partition coefficient (Wildman–Crippen LogP) is 3.57. The van der Waals surface area contributed by atoms with Gasteiger partial charge in [-0.2, -0.15) is 0 Å². The second kappa shape index (κ2) is 7.71. The van der Waals surface area contributed by atoms with E-state index < -0.39 is 0 Å². The summed E-state index contributed by atoms with van der Waals surface area (Å²) in [6, 6.07) is 18.1. The average Bonchev–Trinajstić information content (AvgIpc) is 2.58. The third-order valence-corrected chi connectivity index (χ3v) is 4.72. The Kier molecular flexibility index (Phi) is 5.42. The Morgan fingerprint density at radius 3 is 2.17 bits per heavy atom. The molecule has 0 spiro atoms. The van der Waals surface area contributed by atoms with E-state index in [1.165, 1.54) is 11.1 Å². The van der Waals surface area contributed by atoms with Gasteiger partial charge in [-0.1, -0.05) is 42.5 Å². The van der Waals surface area contributed by atoms with Gasteiger partial charge in [0.1, 0.15) is 5.82 Å². The van der Waals surface area contributed by atoms with E-state index in [9.17, 15) is 4.39 Å². The van der Waals surface area contributed by atoms with E-state index in [4.69, 9.17) is 0 Å². The Balaban J connectivity index is 1.47. The van der Waals surface area contributed by atoms with E-state index >= 15 is 0 Å². The Bertz CT molecular complexity index is 589. The molecule has 1 heterocycles. The summed E-state index contributed by atoms with van der Waals surface area (Å²) < 4.78 is 13.0. The van der Waals surface area contributed by atoms with E-state index in [0.29, 0.717) is 6.04 Å². The summed E-state index contributed by atoms with van der Waals surface area (Å²) in [7, 11) is 0. The lowest BCUT2D eigenvalue weighted by atomic mass is 10.1. The van der Waals surface area contributed by atoms with Crippen molar-refractivity contribution < 1.29 is 4.39 Å². The number of hydrogen-bond acceptors (Lipinski definition) is 2. The van der Waals surface area contributed by atoms with Gasteiger partial charge in [-0.3, -0.25) is 9.80 Å². The molecule has 3 rings (SSSR count). The molecule has 1 atom stereocenters. The predicted molar refractivity (Wildman–Crippen MR) is 92.9 cm³/mol. The summed E-state index contributed by atoms with van der Waals surface area (Å²) in [5.74, 6) is -0.157. The molecule has 0 saturated carbocycles. The molecule has 0 bridgehead atoms. The Morgan fingerprint density at radius 1 is 0.870 bits per heavy atom. The molecule has 2 aromatic carbocycles. The first kappa shape index (κ1) is 16.2. The maximum Gasteiger partial charge on any atom is 0.123 e. The molecule has 0 aliphatic carbocycles. The lowest BCUT2D eigenvalue weighted by Crippen LogP contribution is -2.49. The van der Waals surface area contributed by atoms with Crippen molar-refractivity contribution in [2.24, 2.45) is 0 Å². The number of nitrogens with zero attached hydrogens (tertiary/aromatic N) is 2. The first-order valence-electron chi connectivity index (χ1n) is 8.45. The zero-order valence-electron chi connectivity index (χ0n) is 13.8. The highest BCUT2D eigenvalue weighted by molar-refractivity contribution is 5.17. The molecule has 3 heteroatoms. The van der Waals surface area contributed by atoms with Gasteiger partial charge in [0, 0.05) is 38.8 Å². The van der Waals surface area contributed by atoms with Crippen LogP contribution in [0.15, 0.2) is 54.6 Å². The topological polar surface area (TPSA) is 6.48 Å². The maximum atomic E-state index is 13.0. The van der Waals surface area contributed by atoms with Gasteiger partial charge in [0.2, 0.25) is 0 Å². The monoisotopic (exact) mass is 312 g/mol. The summed E-state index contributed by atoms with van der Waals surface area (Å²) in [6.07, 6.45) is 0.985. The molecule has 0 aromatic heterocycles. The normalized spacial score (nSPS) is 18.0. The van der Waals surface area contributed by atoms with Crippen LogP contribution in [0.5, 0.6) is 0 Å². The van der Waals surface area contributed by atoms with Crippen molar-refractivity contribution in [1.29, 1.82) is 0 Å². The van der Waals surface area contributed by atoms with Gasteiger partial charge in [-0.05, 0) is 36.6 Å². The van der Waals surface area contributed by atoms with Crippen molar-refractivity contribution in [1.82, 2.24) is 9.80 Å². The molecule has 23 heavy (non-hydrogen) atoms. The Labute approximate surface area is 138 Å². The zero-order chi connectivity index (χ0) is 16.1. The fourth-order valence-corrected chi connectivity index (χ4v) is 3.29. The van der Waals surface area contributed by atoms with Gasteiger partial charge in [0.25, 0.3) is 0 Å². The molecule has 1 aliphatic rings. The molecule has 1 unspecified atom stereocenters. The number of halogens is 1. The molecule has 2 aromatic rings. The summed E-state index contributed by atoms with van der Waals surface area (Å²) in [4.78, 5) is 5.07. The Hall–Kier alpha value is -1.71. The molecule has 122 valence electrons. The van der Waals surface area contributed by atoms with Crippen LogP contribution in [-0.4, -0.2) is 42.0 Å². The van der Waals surface area contributed by atoms with Crippen LogP contribution in [0.1, 0.15) is 18.1 Å². The van der Waals surface area contributed by atoms with Gasteiger partial charge >= 0.3 is 0 Å². The van der Waals surface area contributed by atoms with Crippen LogP contribution in [0.4, 0.5) is 4.39 Å². The maximum absolute atomic E-state index is 13.0. The summed E-state index contributed by atoms with van der Waals surface area (Å²) in [5, 5.41) is 0. The van der Waals surface area contributed by atoms with Crippen LogP contribution in [0.2, 0.25) is 0 Å². The second-order valence-corrected chi connectivity index (χ2v) is 6.48. The summed E-state index contributed by atoms with van der Waals surface area (Å²) in [5.41, 5.74) is 2.60. The molecule has 0 amide bonds. The standard InChI is InChI=1S/C20H25FN2/c1-17(15-18-7-9-20(21)10-8-18)23-13-11-22(12-14-23)16-19-5-3-2-4-6-19/h2-10,17H,11-16H2,1H3. The van der Waals surface area contributed by atoms with E-state index in [0.717, 1.165) is 39.1 Å². The average molecular weight is 312 g/mol. The van der Waals surface area contributed by atoms with Crippen molar-refractivity contribution >= 4 is 0 Å². The van der Waals surface area contributed by atoms with Crippen molar-refractivity contribution in [3.63, 3.8) is 0 Å². The first-order valence-corrected chi connectivity index (χ1v) is 8.45. The minimum Gasteiger partial charge on any atom is -0.298 e. The molecule has 1 aliphatic heterocycles. The molecular formula is C20H25FN2. The molecule has 0 N–H and O–H groups in total. The number of piperazine rings is 1. The highest BCUT2D eigenvalue weighted by atomic mass is 19.1. The van der Waals surface area contributed by atoms with Crippen LogP contribution in [0.3, 0.4) is 0 Å². The third-order valence-electron chi connectivity index (χ3n) is 4.72. The van der Waals surface area contributed by atoms with E-state index in [-0.39, 0.29) is 5.82 Å². The van der Waals surface area contributed by atoms with Crippen LogP contribution >= 0.6 is 0 Å². The van der Waals surface area contributed by atoms with Crippen molar-refractivity contribution in [2.45, 2.75) is 25.9 Å². The van der Waals surface area contributed by atoms with Crippen molar-refractivity contribution in [3.8, 4) is 0 Å². The van der Waals surface area contributed by atoms with Crippen molar-refractivity contribution in [2.75, 3.05) is 26.2 Å². The lowest BCUT2D eigenvalue weighted by molar-refractivity contribution is 0.0978. The SMILES string of the molecule is CC(Cc1ccc(F)cc1)N1CCN(Cc2ccccc2)CC1. The van der Waals surface area contributed by atoms with Gasteiger partial charge in [0.05, 0.1) is 0 Å². The highest BCUT2D eigenvalue weighted by Crippen LogP contribution is 2.14. The van der Waals surface area contributed by atoms with E-state index in [1.807, 2.05) is 12.1 Å². The van der Waals surface area contributed by atoms with E-state index in [2.05, 4.69) is 47.1 Å². The third kappa shape index (κ3) is 4.63. The zero-order valence-corrected chi connectivity index (χ0v) is 13.8. The van der Waals surface area contributed by atoms with Crippen LogP contribution < -0.4 is 0 Å². The van der Waals surface area contributed by atoms with Crippen LogP contribution in [0, 0.1) is 5.82 Å². The van der Waals surface area contributed by atoms with Crippen LogP contribution in [-0.2, 0) is 13.0 Å². The van der Waals surface area contributed by atoms with E-state index in [1.54, 1.807) is 12.1 Å². The first-order chi connectivity index (χ1) is 11.2. The summed E-state index contributed by atoms with van der Waals surface area (Å²) >= 11 is 0. The van der Waals surface area contributed by atoms with Gasteiger partial charge in [-0.25, -0.2) is 4.39 Å². The quantitative estimate of drug-likeness (QED) is 0.833. The fourth-order valence-electron chi connectivity index (χ4n) is 3.29. The Morgan fingerprint density at radius 2 is 1.52 bits per heavy atom. The van der Waals surface area contributed by atoms with Gasteiger partial charge in [-0.15, -0.1) is 0 Å². The highest BCUT2D eigenvalue weighted by Gasteiger charge is 2.21. The van der Waals surface area contributed by atoms with Gasteiger partial charge in [0.15, 0.2) is 0 Å². The minimum atomic E-state index is -0.157. The summed E-state index contributed by atoms with van der Waals surface area (Å²) in [6.45, 7) is 7.76. The molecule has 0 radical (unpaired) electrons.